The Hall–Kier alpha value is -0.900. The predicted octanol–water partition coefficient (Wildman–Crippen LogP) is 1.47. The van der Waals surface area contributed by atoms with Gasteiger partial charge < -0.3 is 19.9 Å². The Bertz CT molecular complexity index is 447. The molecule has 128 valence electrons. The van der Waals surface area contributed by atoms with Gasteiger partial charge in [0.1, 0.15) is 12.4 Å². The summed E-state index contributed by atoms with van der Waals surface area (Å²) >= 11 is 0. The van der Waals surface area contributed by atoms with Crippen LogP contribution in [0.25, 0.3) is 0 Å². The first kappa shape index (κ1) is 21.1. The number of aryl methyl sites for hydroxylation is 1. The quantitative estimate of drug-likeness (QED) is 0.286. The second kappa shape index (κ2) is 11.6. The molecular formula is C14H29IN6O. The molecule has 0 unspecified atom stereocenters. The number of hydrogen-bond acceptors (Lipinski definition) is 4. The van der Waals surface area contributed by atoms with Gasteiger partial charge in [0.25, 0.3) is 0 Å². The molecule has 8 heteroatoms. The summed E-state index contributed by atoms with van der Waals surface area (Å²) in [5.41, 5.74) is 0. The predicted molar refractivity (Wildman–Crippen MR) is 99.6 cm³/mol. The molecule has 0 spiro atoms. The first-order chi connectivity index (χ1) is 10.0. The summed E-state index contributed by atoms with van der Waals surface area (Å²) in [5, 5.41) is 14.8. The highest BCUT2D eigenvalue weighted by Crippen LogP contribution is 1.99. The Morgan fingerprint density at radius 3 is 2.59 bits per heavy atom. The number of aromatic nitrogens is 3. The van der Waals surface area contributed by atoms with Crippen molar-refractivity contribution in [1.29, 1.82) is 0 Å². The lowest BCUT2D eigenvalue weighted by atomic mass is 10.2. The van der Waals surface area contributed by atoms with Gasteiger partial charge >= 0.3 is 0 Å². The third-order valence-electron chi connectivity index (χ3n) is 3.06. The van der Waals surface area contributed by atoms with E-state index in [0.29, 0.717) is 12.5 Å². The maximum Gasteiger partial charge on any atom is 0.191 e. The topological polar surface area (TPSA) is 76.4 Å². The molecule has 0 bridgehead atoms. The average molecular weight is 424 g/mol. The summed E-state index contributed by atoms with van der Waals surface area (Å²) in [7, 11) is 3.66. The molecule has 0 amide bonds. The van der Waals surface area contributed by atoms with E-state index in [9.17, 15) is 0 Å². The van der Waals surface area contributed by atoms with Crippen LogP contribution in [-0.2, 0) is 18.3 Å². The minimum absolute atomic E-state index is 0. The van der Waals surface area contributed by atoms with Crippen LogP contribution in [0.15, 0.2) is 4.99 Å². The Morgan fingerprint density at radius 1 is 1.32 bits per heavy atom. The second-order valence-corrected chi connectivity index (χ2v) is 5.44. The minimum Gasteiger partial charge on any atom is -0.385 e. The lowest BCUT2D eigenvalue weighted by Crippen LogP contribution is -2.40. The number of ether oxygens (including phenoxy) is 1. The molecule has 0 aromatic carbocycles. The van der Waals surface area contributed by atoms with E-state index < -0.39 is 0 Å². The Labute approximate surface area is 150 Å². The number of methoxy groups -OCH3 is 1. The summed E-state index contributed by atoms with van der Waals surface area (Å²) in [4.78, 5) is 4.57. The maximum absolute atomic E-state index is 5.05. The van der Waals surface area contributed by atoms with Gasteiger partial charge in [0, 0.05) is 33.9 Å². The summed E-state index contributed by atoms with van der Waals surface area (Å²) < 4.78 is 7.00. The van der Waals surface area contributed by atoms with Crippen molar-refractivity contribution in [2.75, 3.05) is 26.8 Å². The minimum atomic E-state index is 0. The van der Waals surface area contributed by atoms with Gasteiger partial charge in [0.2, 0.25) is 0 Å². The van der Waals surface area contributed by atoms with Crippen LogP contribution in [0.5, 0.6) is 0 Å². The molecule has 0 saturated heterocycles. The van der Waals surface area contributed by atoms with Crippen LogP contribution in [0.2, 0.25) is 0 Å². The van der Waals surface area contributed by atoms with Gasteiger partial charge in [-0.15, -0.1) is 34.2 Å². The first-order valence-electron chi connectivity index (χ1n) is 7.40. The fraction of sp³-hybridized carbons (Fsp3) is 0.786. The van der Waals surface area contributed by atoms with Gasteiger partial charge in [-0.05, 0) is 19.3 Å². The number of nitrogens with one attached hydrogen (secondary N) is 2. The zero-order chi connectivity index (χ0) is 15.7. The monoisotopic (exact) mass is 424 g/mol. The average Bonchev–Trinajstić information content (AvgIpc) is 2.77. The van der Waals surface area contributed by atoms with E-state index >= 15 is 0 Å². The Morgan fingerprint density at radius 2 is 2.05 bits per heavy atom. The number of hydrogen-bond donors (Lipinski definition) is 2. The summed E-state index contributed by atoms with van der Waals surface area (Å²) in [6.07, 6.45) is 0.946. The lowest BCUT2D eigenvalue weighted by Gasteiger charge is -2.14. The van der Waals surface area contributed by atoms with Crippen molar-refractivity contribution >= 4 is 29.9 Å². The zero-order valence-electron chi connectivity index (χ0n) is 14.2. The van der Waals surface area contributed by atoms with E-state index in [-0.39, 0.29) is 24.0 Å². The van der Waals surface area contributed by atoms with Crippen LogP contribution in [0.4, 0.5) is 0 Å². The highest BCUT2D eigenvalue weighted by molar-refractivity contribution is 14.0. The number of aliphatic imine (C=N–C) groups is 1. The van der Waals surface area contributed by atoms with Crippen LogP contribution in [0, 0.1) is 12.8 Å². The highest BCUT2D eigenvalue weighted by atomic mass is 127. The number of rotatable bonds is 8. The molecule has 0 radical (unpaired) electrons. The molecule has 0 aliphatic rings. The van der Waals surface area contributed by atoms with E-state index in [1.54, 1.807) is 7.11 Å². The van der Waals surface area contributed by atoms with Crippen molar-refractivity contribution in [1.82, 2.24) is 25.4 Å². The Kier molecular flexibility index (Phi) is 11.2. The molecule has 1 rings (SSSR count). The van der Waals surface area contributed by atoms with Crippen LogP contribution in [0.3, 0.4) is 0 Å². The number of halogens is 1. The molecule has 1 aromatic rings. The zero-order valence-corrected chi connectivity index (χ0v) is 16.5. The van der Waals surface area contributed by atoms with E-state index in [1.807, 2.05) is 18.5 Å². The van der Waals surface area contributed by atoms with Crippen molar-refractivity contribution in [3.8, 4) is 0 Å². The SMILES string of the molecule is COCCCNC(=NCc1nnc(C)n1C)NCC(C)C.I. The second-order valence-electron chi connectivity index (χ2n) is 5.44. The van der Waals surface area contributed by atoms with Crippen LogP contribution in [-0.4, -0.2) is 47.5 Å². The standard InChI is InChI=1S/C14H28N6O.HI/c1-11(2)9-16-14(15-7-6-8-21-5)17-10-13-19-18-12(3)20(13)4;/h11H,6-10H2,1-5H3,(H2,15,16,17);1H. The van der Waals surface area contributed by atoms with Crippen molar-refractivity contribution in [3.05, 3.63) is 11.6 Å². The molecular weight excluding hydrogens is 395 g/mol. The summed E-state index contributed by atoms with van der Waals surface area (Å²) in [5.74, 6) is 3.12. The van der Waals surface area contributed by atoms with Crippen LogP contribution >= 0.6 is 24.0 Å². The first-order valence-corrected chi connectivity index (χ1v) is 7.40. The van der Waals surface area contributed by atoms with Gasteiger partial charge in [-0.3, -0.25) is 0 Å². The van der Waals surface area contributed by atoms with E-state index in [1.165, 1.54) is 0 Å². The molecule has 0 fully saturated rings. The Balaban J connectivity index is 0.00000441. The molecule has 1 aromatic heterocycles. The molecule has 0 aliphatic carbocycles. The highest BCUT2D eigenvalue weighted by Gasteiger charge is 2.05. The molecule has 1 heterocycles. The lowest BCUT2D eigenvalue weighted by molar-refractivity contribution is 0.195. The third-order valence-corrected chi connectivity index (χ3v) is 3.06. The van der Waals surface area contributed by atoms with E-state index in [4.69, 9.17) is 4.74 Å². The van der Waals surface area contributed by atoms with Crippen molar-refractivity contribution in [2.24, 2.45) is 18.0 Å². The van der Waals surface area contributed by atoms with E-state index in [2.05, 4.69) is 39.7 Å². The van der Waals surface area contributed by atoms with Crippen LogP contribution < -0.4 is 10.6 Å². The molecule has 2 N–H and O–H groups in total. The number of nitrogens with zero attached hydrogens (tertiary/aromatic N) is 4. The van der Waals surface area contributed by atoms with Gasteiger partial charge in [-0.2, -0.15) is 0 Å². The van der Waals surface area contributed by atoms with Crippen LogP contribution in [0.1, 0.15) is 31.9 Å². The number of guanidine groups is 1. The smallest absolute Gasteiger partial charge is 0.191 e. The fourth-order valence-electron chi connectivity index (χ4n) is 1.64. The normalized spacial score (nSPS) is 11.5. The van der Waals surface area contributed by atoms with Crippen molar-refractivity contribution in [3.63, 3.8) is 0 Å². The molecule has 0 saturated carbocycles. The molecule has 0 aliphatic heterocycles. The summed E-state index contributed by atoms with van der Waals surface area (Å²) in [6, 6.07) is 0. The van der Waals surface area contributed by atoms with Crippen molar-refractivity contribution < 1.29 is 4.74 Å². The maximum atomic E-state index is 5.05. The fourth-order valence-corrected chi connectivity index (χ4v) is 1.64. The summed E-state index contributed by atoms with van der Waals surface area (Å²) in [6.45, 7) is 9.23. The molecule has 0 atom stereocenters. The third kappa shape index (κ3) is 7.92. The van der Waals surface area contributed by atoms with E-state index in [0.717, 1.165) is 43.7 Å². The van der Waals surface area contributed by atoms with Crippen molar-refractivity contribution in [2.45, 2.75) is 33.7 Å². The molecule has 7 nitrogen and oxygen atoms in total. The largest absolute Gasteiger partial charge is 0.385 e. The van der Waals surface area contributed by atoms with Gasteiger partial charge in [0.05, 0.1) is 0 Å². The molecule has 22 heavy (non-hydrogen) atoms. The van der Waals surface area contributed by atoms with Gasteiger partial charge in [-0.1, -0.05) is 13.8 Å². The van der Waals surface area contributed by atoms with Gasteiger partial charge in [0.15, 0.2) is 11.8 Å². The van der Waals surface area contributed by atoms with Gasteiger partial charge in [-0.25, -0.2) is 4.99 Å².